The van der Waals surface area contributed by atoms with Gasteiger partial charge in [-0.3, -0.25) is 4.79 Å². The summed E-state index contributed by atoms with van der Waals surface area (Å²) in [5.74, 6) is -1.59. The molecule has 1 fully saturated rings. The Labute approximate surface area is 114 Å². The molecule has 0 radical (unpaired) electrons. The van der Waals surface area contributed by atoms with E-state index in [0.717, 1.165) is 5.69 Å². The van der Waals surface area contributed by atoms with Crippen LogP contribution in [0, 0.1) is 0 Å². The summed E-state index contributed by atoms with van der Waals surface area (Å²) in [4.78, 5) is 23.8. The molecule has 3 N–H and O–H groups in total. The minimum Gasteiger partial charge on any atom is -0.479 e. The first-order valence-electron chi connectivity index (χ1n) is 5.67. The van der Waals surface area contributed by atoms with E-state index < -0.39 is 18.0 Å². The van der Waals surface area contributed by atoms with Crippen molar-refractivity contribution in [3.05, 3.63) is 28.8 Å². The van der Waals surface area contributed by atoms with Crippen LogP contribution < -0.4 is 10.6 Å². The normalized spacial score (nSPS) is 19.2. The third-order valence-corrected chi connectivity index (χ3v) is 3.24. The lowest BCUT2D eigenvalue weighted by Crippen LogP contribution is -2.46. The van der Waals surface area contributed by atoms with Gasteiger partial charge in [-0.2, -0.15) is 0 Å². The van der Waals surface area contributed by atoms with Crippen molar-refractivity contribution >= 4 is 29.2 Å². The summed E-state index contributed by atoms with van der Waals surface area (Å²) in [5, 5.41) is 9.19. The summed E-state index contributed by atoms with van der Waals surface area (Å²) in [6.45, 7) is 1.13. The Hall–Kier alpha value is -1.79. The fraction of sp³-hybridized carbons (Fsp3) is 0.333. The highest BCUT2D eigenvalue weighted by atomic mass is 35.5. The minimum atomic E-state index is -0.996. The van der Waals surface area contributed by atoms with Crippen LogP contribution >= 0.6 is 11.6 Å². The van der Waals surface area contributed by atoms with Gasteiger partial charge in [-0.15, -0.1) is 0 Å². The number of morpholine rings is 1. The van der Waals surface area contributed by atoms with Crippen molar-refractivity contribution in [2.75, 3.05) is 24.6 Å². The molecule has 0 aromatic heterocycles. The van der Waals surface area contributed by atoms with E-state index in [2.05, 4.69) is 0 Å². The number of nitrogens with zero attached hydrogens (tertiary/aromatic N) is 1. The van der Waals surface area contributed by atoms with Crippen molar-refractivity contribution in [3.63, 3.8) is 0 Å². The third-order valence-electron chi connectivity index (χ3n) is 2.93. The summed E-state index contributed by atoms with van der Waals surface area (Å²) in [5.41, 5.74) is 6.15. The molecule has 1 saturated heterocycles. The second-order valence-corrected chi connectivity index (χ2v) is 4.58. The standard InChI is InChI=1S/C12H13ClN2O4/c13-9-5-7(1-2-8(9)11(14)16)15-3-4-19-10(6-15)12(17)18/h1-2,5,10H,3-4,6H2,(H2,14,16)(H,17,18). The largest absolute Gasteiger partial charge is 0.479 e. The molecule has 0 spiro atoms. The Balaban J connectivity index is 2.20. The molecule has 1 unspecified atom stereocenters. The fourth-order valence-corrected chi connectivity index (χ4v) is 2.20. The fourth-order valence-electron chi connectivity index (χ4n) is 1.93. The van der Waals surface area contributed by atoms with Crippen LogP contribution in [-0.2, 0) is 9.53 Å². The van der Waals surface area contributed by atoms with Gasteiger partial charge in [0.2, 0.25) is 5.91 Å². The molecule has 0 aliphatic carbocycles. The predicted octanol–water partition coefficient (Wildman–Crippen LogP) is 0.729. The average molecular weight is 285 g/mol. The molecule has 1 aromatic carbocycles. The lowest BCUT2D eigenvalue weighted by atomic mass is 10.1. The van der Waals surface area contributed by atoms with Crippen LogP contribution in [-0.4, -0.2) is 42.8 Å². The van der Waals surface area contributed by atoms with Crippen molar-refractivity contribution in [2.24, 2.45) is 5.73 Å². The summed E-state index contributed by atoms with van der Waals surface area (Å²) in [6, 6.07) is 4.83. The molecule has 19 heavy (non-hydrogen) atoms. The van der Waals surface area contributed by atoms with Gasteiger partial charge in [0.25, 0.3) is 0 Å². The van der Waals surface area contributed by atoms with Crippen LogP contribution in [0.1, 0.15) is 10.4 Å². The van der Waals surface area contributed by atoms with Gasteiger partial charge in [0.15, 0.2) is 6.10 Å². The predicted molar refractivity (Wildman–Crippen MR) is 69.6 cm³/mol. The summed E-state index contributed by atoms with van der Waals surface area (Å²) < 4.78 is 5.13. The second-order valence-electron chi connectivity index (χ2n) is 4.17. The van der Waals surface area contributed by atoms with Crippen LogP contribution in [0.2, 0.25) is 5.02 Å². The Bertz CT molecular complexity index is 520. The van der Waals surface area contributed by atoms with Crippen molar-refractivity contribution in [3.8, 4) is 0 Å². The number of rotatable bonds is 3. The molecule has 102 valence electrons. The van der Waals surface area contributed by atoms with Crippen LogP contribution in [0.25, 0.3) is 0 Å². The Kier molecular flexibility index (Phi) is 3.92. The average Bonchev–Trinajstić information content (AvgIpc) is 2.38. The van der Waals surface area contributed by atoms with Crippen molar-refractivity contribution < 1.29 is 19.4 Å². The number of aliphatic carboxylic acids is 1. The number of nitrogens with two attached hydrogens (primary N) is 1. The molecule has 1 atom stereocenters. The number of carbonyl (C=O) groups is 2. The lowest BCUT2D eigenvalue weighted by Gasteiger charge is -2.32. The zero-order valence-electron chi connectivity index (χ0n) is 10.0. The number of carboxylic acid groups (broad SMARTS) is 1. The van der Waals surface area contributed by atoms with Gasteiger partial charge in [-0.05, 0) is 18.2 Å². The van der Waals surface area contributed by atoms with E-state index in [1.807, 2.05) is 4.90 Å². The maximum atomic E-state index is 11.1. The number of amides is 1. The number of primary amides is 1. The van der Waals surface area contributed by atoms with Crippen LogP contribution in [0.15, 0.2) is 18.2 Å². The molecule has 0 saturated carbocycles. The molecule has 0 bridgehead atoms. The molecule has 1 aromatic rings. The molecule has 6 nitrogen and oxygen atoms in total. The summed E-state index contributed by atoms with van der Waals surface area (Å²) in [7, 11) is 0. The van der Waals surface area contributed by atoms with Crippen molar-refractivity contribution in [1.82, 2.24) is 0 Å². The molecule has 2 rings (SSSR count). The molecular weight excluding hydrogens is 272 g/mol. The summed E-state index contributed by atoms with van der Waals surface area (Å²) >= 11 is 5.97. The van der Waals surface area contributed by atoms with Gasteiger partial charge in [0, 0.05) is 12.2 Å². The van der Waals surface area contributed by atoms with E-state index in [0.29, 0.717) is 13.2 Å². The minimum absolute atomic E-state index is 0.238. The van der Waals surface area contributed by atoms with Crippen LogP contribution in [0.3, 0.4) is 0 Å². The molecule has 1 heterocycles. The Morgan fingerprint density at radius 2 is 2.21 bits per heavy atom. The van der Waals surface area contributed by atoms with Gasteiger partial charge in [0.1, 0.15) is 0 Å². The quantitative estimate of drug-likeness (QED) is 0.853. The van der Waals surface area contributed by atoms with E-state index in [1.54, 1.807) is 12.1 Å². The maximum Gasteiger partial charge on any atom is 0.334 e. The van der Waals surface area contributed by atoms with Crippen LogP contribution in [0.5, 0.6) is 0 Å². The second kappa shape index (κ2) is 5.46. The highest BCUT2D eigenvalue weighted by Crippen LogP contribution is 2.25. The van der Waals surface area contributed by atoms with Gasteiger partial charge >= 0.3 is 5.97 Å². The lowest BCUT2D eigenvalue weighted by molar-refractivity contribution is -0.150. The first kappa shape index (κ1) is 13.6. The van der Waals surface area contributed by atoms with Crippen molar-refractivity contribution in [2.45, 2.75) is 6.10 Å². The number of carbonyl (C=O) groups excluding carboxylic acids is 1. The smallest absolute Gasteiger partial charge is 0.334 e. The number of hydrogen-bond donors (Lipinski definition) is 2. The number of anilines is 1. The van der Waals surface area contributed by atoms with E-state index in [-0.39, 0.29) is 17.1 Å². The first-order chi connectivity index (χ1) is 8.99. The molecule has 1 aliphatic heterocycles. The number of benzene rings is 1. The maximum absolute atomic E-state index is 11.1. The number of ether oxygens (including phenoxy) is 1. The molecule has 1 amide bonds. The SMILES string of the molecule is NC(=O)c1ccc(N2CCOC(C(=O)O)C2)cc1Cl. The number of carboxylic acids is 1. The van der Waals surface area contributed by atoms with Gasteiger partial charge < -0.3 is 20.5 Å². The zero-order chi connectivity index (χ0) is 14.0. The van der Waals surface area contributed by atoms with Gasteiger partial charge in [-0.25, -0.2) is 4.79 Å². The Morgan fingerprint density at radius 1 is 1.47 bits per heavy atom. The Morgan fingerprint density at radius 3 is 2.79 bits per heavy atom. The van der Waals surface area contributed by atoms with Gasteiger partial charge in [0.05, 0.1) is 23.7 Å². The number of hydrogen-bond acceptors (Lipinski definition) is 4. The van der Waals surface area contributed by atoms with E-state index in [1.165, 1.54) is 6.07 Å². The van der Waals surface area contributed by atoms with E-state index >= 15 is 0 Å². The highest BCUT2D eigenvalue weighted by Gasteiger charge is 2.26. The monoisotopic (exact) mass is 284 g/mol. The summed E-state index contributed by atoms with van der Waals surface area (Å²) in [6.07, 6.45) is -0.858. The highest BCUT2D eigenvalue weighted by molar-refractivity contribution is 6.34. The third kappa shape index (κ3) is 2.97. The van der Waals surface area contributed by atoms with E-state index in [9.17, 15) is 9.59 Å². The zero-order valence-corrected chi connectivity index (χ0v) is 10.8. The van der Waals surface area contributed by atoms with E-state index in [4.69, 9.17) is 27.2 Å². The van der Waals surface area contributed by atoms with Gasteiger partial charge in [-0.1, -0.05) is 11.6 Å². The van der Waals surface area contributed by atoms with Crippen molar-refractivity contribution in [1.29, 1.82) is 0 Å². The molecule has 7 heteroatoms. The molecule has 1 aliphatic rings. The number of halogens is 1. The van der Waals surface area contributed by atoms with Crippen LogP contribution in [0.4, 0.5) is 5.69 Å². The topological polar surface area (TPSA) is 92.9 Å². The molecular formula is C12H13ClN2O4. The first-order valence-corrected chi connectivity index (χ1v) is 6.05.